The predicted octanol–water partition coefficient (Wildman–Crippen LogP) is 2.61. The normalized spacial score (nSPS) is 11.2. The molecule has 0 atom stereocenters. The molecule has 2 aromatic carbocycles. The summed E-state index contributed by atoms with van der Waals surface area (Å²) >= 11 is 0. The minimum atomic E-state index is -0.321. The molecule has 6 heteroatoms. The molecule has 23 heavy (non-hydrogen) atoms. The predicted molar refractivity (Wildman–Crippen MR) is 87.8 cm³/mol. The lowest BCUT2D eigenvalue weighted by atomic mass is 10.1. The molecule has 1 heterocycles. The molecular weight excluding hydrogens is 295 g/mol. The Hall–Kier alpha value is -3.15. The maximum Gasteiger partial charge on any atom is 0.244 e. The minimum Gasteiger partial charge on any atom is -0.382 e. The van der Waals surface area contributed by atoms with Crippen LogP contribution in [0.1, 0.15) is 11.1 Å². The highest BCUT2D eigenvalue weighted by molar-refractivity contribution is 5.94. The van der Waals surface area contributed by atoms with Gasteiger partial charge in [-0.15, -0.1) is 0 Å². The number of anilines is 1. The van der Waals surface area contributed by atoms with Crippen LogP contribution in [0.3, 0.4) is 0 Å². The van der Waals surface area contributed by atoms with Crippen LogP contribution in [0.25, 0.3) is 17.0 Å². The number of aromatic amines is 1. The maximum absolute atomic E-state index is 13.1. The zero-order valence-corrected chi connectivity index (χ0v) is 12.2. The summed E-state index contributed by atoms with van der Waals surface area (Å²) in [5.74, 6) is -0.154. The van der Waals surface area contributed by atoms with Crippen LogP contribution in [0.4, 0.5) is 10.2 Å². The quantitative estimate of drug-likeness (QED) is 0.648. The highest BCUT2D eigenvalue weighted by Crippen LogP contribution is 2.19. The van der Waals surface area contributed by atoms with Crippen LogP contribution in [-0.4, -0.2) is 16.1 Å². The summed E-state index contributed by atoms with van der Waals surface area (Å²) in [6.45, 7) is 0.272. The van der Waals surface area contributed by atoms with Gasteiger partial charge >= 0.3 is 0 Å². The van der Waals surface area contributed by atoms with Crippen molar-refractivity contribution in [1.29, 1.82) is 0 Å². The molecule has 0 aliphatic carbocycles. The largest absolute Gasteiger partial charge is 0.382 e. The van der Waals surface area contributed by atoms with Crippen molar-refractivity contribution in [3.05, 3.63) is 65.5 Å². The van der Waals surface area contributed by atoms with Crippen LogP contribution in [0.2, 0.25) is 0 Å². The molecule has 4 N–H and O–H groups in total. The van der Waals surface area contributed by atoms with Crippen molar-refractivity contribution >= 4 is 28.7 Å². The number of benzene rings is 2. The van der Waals surface area contributed by atoms with E-state index in [-0.39, 0.29) is 18.3 Å². The lowest BCUT2D eigenvalue weighted by Crippen LogP contribution is -2.20. The summed E-state index contributed by atoms with van der Waals surface area (Å²) < 4.78 is 13.1. The topological polar surface area (TPSA) is 83.8 Å². The molecule has 0 spiro atoms. The van der Waals surface area contributed by atoms with Crippen molar-refractivity contribution in [2.75, 3.05) is 5.73 Å². The number of carbonyl (C=O) groups is 1. The van der Waals surface area contributed by atoms with Crippen molar-refractivity contribution in [1.82, 2.24) is 15.5 Å². The van der Waals surface area contributed by atoms with Gasteiger partial charge in [-0.3, -0.25) is 9.89 Å². The molecule has 1 amide bonds. The van der Waals surface area contributed by atoms with Crippen LogP contribution >= 0.6 is 0 Å². The van der Waals surface area contributed by atoms with Crippen LogP contribution in [0, 0.1) is 5.82 Å². The number of H-pyrrole nitrogens is 1. The standard InChI is InChI=1S/C17H15FN4O/c18-13-3-1-2-12(8-13)10-20-16(23)7-5-11-4-6-15-14(9-11)17(19)22-21-15/h1-9H,10H2,(H,20,23)(H3,19,21,22). The first-order chi connectivity index (χ1) is 11.1. The van der Waals surface area contributed by atoms with Gasteiger partial charge in [-0.2, -0.15) is 5.10 Å². The Morgan fingerprint density at radius 3 is 3.00 bits per heavy atom. The second kappa shape index (κ2) is 6.31. The number of aromatic nitrogens is 2. The lowest BCUT2D eigenvalue weighted by Gasteiger charge is -2.02. The number of nitrogen functional groups attached to an aromatic ring is 1. The van der Waals surface area contributed by atoms with Gasteiger partial charge in [0.1, 0.15) is 5.82 Å². The van der Waals surface area contributed by atoms with Gasteiger partial charge in [-0.1, -0.05) is 18.2 Å². The number of nitrogens with zero attached hydrogens (tertiary/aromatic N) is 1. The summed E-state index contributed by atoms with van der Waals surface area (Å²) in [5.41, 5.74) is 8.14. The highest BCUT2D eigenvalue weighted by atomic mass is 19.1. The van der Waals surface area contributed by atoms with E-state index in [9.17, 15) is 9.18 Å². The number of halogens is 1. The summed E-state index contributed by atoms with van der Waals surface area (Å²) in [7, 11) is 0. The van der Waals surface area contributed by atoms with E-state index in [1.807, 2.05) is 18.2 Å². The molecule has 0 unspecified atom stereocenters. The summed E-state index contributed by atoms with van der Waals surface area (Å²) in [6.07, 6.45) is 3.11. The van der Waals surface area contributed by atoms with Crippen LogP contribution < -0.4 is 11.1 Å². The highest BCUT2D eigenvalue weighted by Gasteiger charge is 2.02. The average molecular weight is 310 g/mol. The first-order valence-electron chi connectivity index (χ1n) is 7.06. The van der Waals surface area contributed by atoms with Crippen LogP contribution in [0.5, 0.6) is 0 Å². The number of amides is 1. The Kier molecular flexibility index (Phi) is 4.05. The Bertz CT molecular complexity index is 885. The van der Waals surface area contributed by atoms with Crippen molar-refractivity contribution in [3.8, 4) is 0 Å². The lowest BCUT2D eigenvalue weighted by molar-refractivity contribution is -0.116. The fourth-order valence-corrected chi connectivity index (χ4v) is 2.22. The van der Waals surface area contributed by atoms with Crippen molar-refractivity contribution < 1.29 is 9.18 Å². The molecule has 0 saturated heterocycles. The van der Waals surface area contributed by atoms with E-state index in [1.54, 1.807) is 18.2 Å². The SMILES string of the molecule is Nc1n[nH]c2ccc(C=CC(=O)NCc3cccc(F)c3)cc12. The van der Waals surface area contributed by atoms with E-state index < -0.39 is 0 Å². The monoisotopic (exact) mass is 310 g/mol. The summed E-state index contributed by atoms with van der Waals surface area (Å²) in [4.78, 5) is 11.8. The third kappa shape index (κ3) is 3.55. The van der Waals surface area contributed by atoms with Gasteiger partial charge < -0.3 is 11.1 Å². The first-order valence-corrected chi connectivity index (χ1v) is 7.06. The summed E-state index contributed by atoms with van der Waals surface area (Å²) in [5, 5.41) is 10.3. The van der Waals surface area contributed by atoms with Gasteiger partial charge in [0.05, 0.1) is 5.52 Å². The number of hydrogen-bond donors (Lipinski definition) is 3. The fraction of sp³-hybridized carbons (Fsp3) is 0.0588. The maximum atomic E-state index is 13.1. The minimum absolute atomic E-state index is 0.255. The number of nitrogens with two attached hydrogens (primary N) is 1. The van der Waals surface area contributed by atoms with Crippen molar-refractivity contribution in [2.24, 2.45) is 0 Å². The van der Waals surface area contributed by atoms with Gasteiger partial charge in [0.25, 0.3) is 0 Å². The smallest absolute Gasteiger partial charge is 0.244 e. The Balaban J connectivity index is 1.64. The van der Waals surface area contributed by atoms with Gasteiger partial charge in [0, 0.05) is 18.0 Å². The first kappa shape index (κ1) is 14.8. The zero-order chi connectivity index (χ0) is 16.2. The number of carbonyl (C=O) groups excluding carboxylic acids is 1. The van der Waals surface area contributed by atoms with E-state index >= 15 is 0 Å². The van der Waals surface area contributed by atoms with E-state index in [1.165, 1.54) is 18.2 Å². The van der Waals surface area contributed by atoms with Gasteiger partial charge in [0.2, 0.25) is 5.91 Å². The fourth-order valence-electron chi connectivity index (χ4n) is 2.22. The molecule has 5 nitrogen and oxygen atoms in total. The second-order valence-corrected chi connectivity index (χ2v) is 5.09. The molecule has 0 radical (unpaired) electrons. The van der Waals surface area contributed by atoms with Crippen molar-refractivity contribution in [2.45, 2.75) is 6.54 Å². The third-order valence-electron chi connectivity index (χ3n) is 3.40. The van der Waals surface area contributed by atoms with Gasteiger partial charge in [0.15, 0.2) is 5.82 Å². The van der Waals surface area contributed by atoms with E-state index in [4.69, 9.17) is 5.73 Å². The molecule has 116 valence electrons. The average Bonchev–Trinajstić information content (AvgIpc) is 2.92. The number of rotatable bonds is 4. The Morgan fingerprint density at radius 2 is 2.17 bits per heavy atom. The summed E-state index contributed by atoms with van der Waals surface area (Å²) in [6, 6.07) is 11.7. The molecule has 1 aromatic heterocycles. The number of nitrogens with one attached hydrogen (secondary N) is 2. The molecule has 0 bridgehead atoms. The molecule has 3 rings (SSSR count). The van der Waals surface area contributed by atoms with Crippen molar-refractivity contribution in [3.63, 3.8) is 0 Å². The van der Waals surface area contributed by atoms with Crippen LogP contribution in [-0.2, 0) is 11.3 Å². The van der Waals surface area contributed by atoms with Gasteiger partial charge in [-0.05, 0) is 41.5 Å². The van der Waals surface area contributed by atoms with E-state index in [0.29, 0.717) is 11.4 Å². The third-order valence-corrected chi connectivity index (χ3v) is 3.40. The molecular formula is C17H15FN4O. The van der Waals surface area contributed by atoms with Gasteiger partial charge in [-0.25, -0.2) is 4.39 Å². The molecule has 3 aromatic rings. The van der Waals surface area contributed by atoms with E-state index in [0.717, 1.165) is 16.5 Å². The van der Waals surface area contributed by atoms with E-state index in [2.05, 4.69) is 15.5 Å². The molecule has 0 saturated carbocycles. The number of fused-ring (bicyclic) bond motifs is 1. The molecule has 0 fully saturated rings. The molecule has 0 aliphatic rings. The zero-order valence-electron chi connectivity index (χ0n) is 12.2. The van der Waals surface area contributed by atoms with Crippen LogP contribution in [0.15, 0.2) is 48.5 Å². The Morgan fingerprint density at radius 1 is 1.30 bits per heavy atom. The molecule has 0 aliphatic heterocycles. The second-order valence-electron chi connectivity index (χ2n) is 5.09. The Labute approximate surface area is 132 Å². The number of hydrogen-bond acceptors (Lipinski definition) is 3.